The van der Waals surface area contributed by atoms with Crippen LogP contribution in [-0.2, 0) is 22.6 Å². The van der Waals surface area contributed by atoms with E-state index in [4.69, 9.17) is 11.6 Å². The molecule has 4 rings (SSSR count). The summed E-state index contributed by atoms with van der Waals surface area (Å²) in [6.45, 7) is 1.71. The summed E-state index contributed by atoms with van der Waals surface area (Å²) >= 11 is 6.13. The number of fused-ring (bicyclic) bond motifs is 1. The van der Waals surface area contributed by atoms with Crippen LogP contribution in [0.4, 0.5) is 5.69 Å². The second-order valence-corrected chi connectivity index (χ2v) is 8.20. The molecule has 0 saturated heterocycles. The van der Waals surface area contributed by atoms with Crippen LogP contribution >= 0.6 is 11.6 Å². The number of hydrogen-bond acceptors (Lipinski definition) is 4. The maximum atomic E-state index is 13.1. The van der Waals surface area contributed by atoms with Crippen molar-refractivity contribution in [1.29, 1.82) is 0 Å². The lowest BCUT2D eigenvalue weighted by Crippen LogP contribution is -2.32. The Morgan fingerprint density at radius 3 is 2.68 bits per heavy atom. The smallest absolute Gasteiger partial charge is 0.273 e. The van der Waals surface area contributed by atoms with Crippen molar-refractivity contribution < 1.29 is 9.59 Å². The number of halogens is 1. The fraction of sp³-hybridized carbons (Fsp3) is 0.304. The van der Waals surface area contributed by atoms with Crippen LogP contribution in [0.15, 0.2) is 47.3 Å². The van der Waals surface area contributed by atoms with Gasteiger partial charge in [-0.15, -0.1) is 0 Å². The monoisotopic (exact) mass is 438 g/mol. The molecule has 0 unspecified atom stereocenters. The second kappa shape index (κ2) is 8.89. The summed E-state index contributed by atoms with van der Waals surface area (Å²) in [5.74, 6) is -0.437. The van der Waals surface area contributed by atoms with Gasteiger partial charge in [0.1, 0.15) is 12.2 Å². The molecule has 0 aliphatic heterocycles. The molecule has 0 radical (unpaired) electrons. The Bertz CT molecular complexity index is 1220. The molecule has 1 aliphatic rings. The molecule has 1 aromatic heterocycles. The van der Waals surface area contributed by atoms with E-state index in [9.17, 15) is 14.4 Å². The van der Waals surface area contributed by atoms with Gasteiger partial charge in [0, 0.05) is 29.6 Å². The Morgan fingerprint density at radius 1 is 1.16 bits per heavy atom. The largest absolute Gasteiger partial charge is 0.353 e. The van der Waals surface area contributed by atoms with Gasteiger partial charge in [0.2, 0.25) is 11.8 Å². The lowest BCUT2D eigenvalue weighted by molar-refractivity contribution is -0.121. The van der Waals surface area contributed by atoms with Gasteiger partial charge in [0.05, 0.1) is 11.0 Å². The van der Waals surface area contributed by atoms with Crippen molar-refractivity contribution in [3.63, 3.8) is 0 Å². The zero-order valence-electron chi connectivity index (χ0n) is 17.2. The Morgan fingerprint density at radius 2 is 1.94 bits per heavy atom. The zero-order chi connectivity index (χ0) is 22.0. The summed E-state index contributed by atoms with van der Waals surface area (Å²) in [7, 11) is 0. The number of amides is 2. The molecule has 31 heavy (non-hydrogen) atoms. The number of hydrogen-bond donors (Lipinski definition) is 2. The summed E-state index contributed by atoms with van der Waals surface area (Å²) in [5.41, 5.74) is 2.54. The van der Waals surface area contributed by atoms with Crippen LogP contribution in [0.1, 0.15) is 30.5 Å². The number of nitrogens with zero attached hydrogens (tertiary/aromatic N) is 2. The van der Waals surface area contributed by atoms with Crippen molar-refractivity contribution in [1.82, 2.24) is 14.9 Å². The number of aromatic nitrogens is 2. The number of benzene rings is 2. The highest BCUT2D eigenvalue weighted by Crippen LogP contribution is 2.20. The van der Waals surface area contributed by atoms with Gasteiger partial charge in [0.25, 0.3) is 5.56 Å². The molecule has 0 bridgehead atoms. The molecule has 1 fully saturated rings. The standard InChI is InChI=1S/C23H23ClN4O3/c1-14-6-7-16(12-17(14)24)26-22(30)13-28-20-5-3-2-4-18(20)27-19(23(28)31)10-11-21(29)25-15-8-9-15/h2-7,12,15H,8-11,13H2,1H3,(H,25,29)(H,26,30). The molecule has 0 atom stereocenters. The first kappa shape index (κ1) is 21.1. The number of anilines is 1. The van der Waals surface area contributed by atoms with E-state index >= 15 is 0 Å². The van der Waals surface area contributed by atoms with Gasteiger partial charge in [-0.1, -0.05) is 29.8 Å². The molecule has 2 N–H and O–H groups in total. The molecule has 2 aromatic carbocycles. The zero-order valence-corrected chi connectivity index (χ0v) is 17.9. The van der Waals surface area contributed by atoms with Crippen LogP contribution in [0.3, 0.4) is 0 Å². The molecule has 1 aliphatic carbocycles. The van der Waals surface area contributed by atoms with Crippen molar-refractivity contribution in [2.24, 2.45) is 0 Å². The highest BCUT2D eigenvalue weighted by atomic mass is 35.5. The molecular weight excluding hydrogens is 416 g/mol. The van der Waals surface area contributed by atoms with Crippen LogP contribution in [0, 0.1) is 6.92 Å². The van der Waals surface area contributed by atoms with E-state index in [1.54, 1.807) is 30.3 Å². The van der Waals surface area contributed by atoms with E-state index in [0.29, 0.717) is 21.7 Å². The van der Waals surface area contributed by atoms with Crippen molar-refractivity contribution in [3.05, 3.63) is 69.1 Å². The highest BCUT2D eigenvalue weighted by Gasteiger charge is 2.23. The van der Waals surface area contributed by atoms with E-state index < -0.39 is 0 Å². The number of rotatable bonds is 7. The van der Waals surface area contributed by atoms with E-state index in [-0.39, 0.29) is 48.5 Å². The molecule has 0 spiro atoms. The van der Waals surface area contributed by atoms with E-state index in [1.165, 1.54) is 4.57 Å². The minimum atomic E-state index is -0.366. The normalized spacial score (nSPS) is 13.2. The number of carbonyl (C=O) groups excluding carboxylic acids is 2. The van der Waals surface area contributed by atoms with Gasteiger partial charge in [-0.25, -0.2) is 4.98 Å². The molecule has 8 heteroatoms. The third-order valence-corrected chi connectivity index (χ3v) is 5.62. The lowest BCUT2D eigenvalue weighted by Gasteiger charge is -2.13. The van der Waals surface area contributed by atoms with E-state index in [1.807, 2.05) is 19.1 Å². The van der Waals surface area contributed by atoms with Crippen LogP contribution in [0.5, 0.6) is 0 Å². The van der Waals surface area contributed by atoms with Crippen molar-refractivity contribution in [3.8, 4) is 0 Å². The average Bonchev–Trinajstić information content (AvgIpc) is 3.55. The quantitative estimate of drug-likeness (QED) is 0.592. The number of para-hydroxylation sites is 2. The Balaban J connectivity index is 1.56. The fourth-order valence-electron chi connectivity index (χ4n) is 3.34. The van der Waals surface area contributed by atoms with Crippen molar-refractivity contribution in [2.75, 3.05) is 5.32 Å². The van der Waals surface area contributed by atoms with Gasteiger partial charge in [-0.2, -0.15) is 0 Å². The fourth-order valence-corrected chi connectivity index (χ4v) is 3.52. The Labute approximate surface area is 184 Å². The van der Waals surface area contributed by atoms with Gasteiger partial charge in [0.15, 0.2) is 0 Å². The van der Waals surface area contributed by atoms with Gasteiger partial charge < -0.3 is 10.6 Å². The van der Waals surface area contributed by atoms with Crippen LogP contribution in [-0.4, -0.2) is 27.4 Å². The molecule has 3 aromatic rings. The minimum Gasteiger partial charge on any atom is -0.353 e. The number of nitrogens with one attached hydrogen (secondary N) is 2. The maximum Gasteiger partial charge on any atom is 0.273 e. The SMILES string of the molecule is Cc1ccc(NC(=O)Cn2c(=O)c(CCC(=O)NC3CC3)nc3ccccc32)cc1Cl. The molecule has 7 nitrogen and oxygen atoms in total. The topological polar surface area (TPSA) is 93.1 Å². The predicted octanol–water partition coefficient (Wildman–Crippen LogP) is 3.21. The third kappa shape index (κ3) is 5.11. The Hall–Kier alpha value is -3.19. The Kier molecular flexibility index (Phi) is 6.04. The van der Waals surface area contributed by atoms with E-state index in [2.05, 4.69) is 15.6 Å². The molecule has 1 heterocycles. The molecule has 1 saturated carbocycles. The highest BCUT2D eigenvalue weighted by molar-refractivity contribution is 6.31. The molecule has 2 amide bonds. The summed E-state index contributed by atoms with van der Waals surface area (Å²) < 4.78 is 1.40. The van der Waals surface area contributed by atoms with Crippen LogP contribution < -0.4 is 16.2 Å². The maximum absolute atomic E-state index is 13.1. The molecule has 160 valence electrons. The summed E-state index contributed by atoms with van der Waals surface area (Å²) in [6, 6.07) is 12.7. The lowest BCUT2D eigenvalue weighted by atomic mass is 10.2. The molecular formula is C23H23ClN4O3. The van der Waals surface area contributed by atoms with Gasteiger partial charge in [-0.3, -0.25) is 19.0 Å². The van der Waals surface area contributed by atoms with Crippen LogP contribution in [0.2, 0.25) is 5.02 Å². The van der Waals surface area contributed by atoms with E-state index in [0.717, 1.165) is 18.4 Å². The first-order valence-corrected chi connectivity index (χ1v) is 10.6. The summed E-state index contributed by atoms with van der Waals surface area (Å²) in [6.07, 6.45) is 2.42. The van der Waals surface area contributed by atoms with Crippen molar-refractivity contribution in [2.45, 2.75) is 45.2 Å². The minimum absolute atomic E-state index is 0.0857. The third-order valence-electron chi connectivity index (χ3n) is 5.21. The number of aryl methyl sites for hydroxylation is 2. The first-order chi connectivity index (χ1) is 14.9. The number of carbonyl (C=O) groups is 2. The van der Waals surface area contributed by atoms with Crippen LogP contribution in [0.25, 0.3) is 11.0 Å². The second-order valence-electron chi connectivity index (χ2n) is 7.79. The van der Waals surface area contributed by atoms with Crippen molar-refractivity contribution >= 4 is 40.1 Å². The average molecular weight is 439 g/mol. The predicted molar refractivity (Wildman–Crippen MR) is 120 cm³/mol. The first-order valence-electron chi connectivity index (χ1n) is 10.2. The van der Waals surface area contributed by atoms with Gasteiger partial charge in [-0.05, 0) is 49.6 Å². The summed E-state index contributed by atoms with van der Waals surface area (Å²) in [4.78, 5) is 42.3. The van der Waals surface area contributed by atoms with Gasteiger partial charge >= 0.3 is 0 Å². The summed E-state index contributed by atoms with van der Waals surface area (Å²) in [5, 5.41) is 6.25.